The Balaban J connectivity index is 2.00. The summed E-state index contributed by atoms with van der Waals surface area (Å²) in [7, 11) is 1.60. The van der Waals surface area contributed by atoms with Gasteiger partial charge in [-0.15, -0.1) is 0 Å². The number of primary amides is 1. The van der Waals surface area contributed by atoms with E-state index in [0.29, 0.717) is 18.2 Å². The second-order valence-corrected chi connectivity index (χ2v) is 6.90. The van der Waals surface area contributed by atoms with E-state index in [1.54, 1.807) is 13.3 Å². The molecule has 0 fully saturated rings. The lowest BCUT2D eigenvalue weighted by Crippen LogP contribution is -2.37. The third-order valence-electron chi connectivity index (χ3n) is 4.40. The Morgan fingerprint density at radius 2 is 2.08 bits per heavy atom. The van der Waals surface area contributed by atoms with Crippen LogP contribution in [0.4, 0.5) is 4.79 Å². The van der Waals surface area contributed by atoms with Gasteiger partial charge in [-0.3, -0.25) is 0 Å². The molecule has 132 valence electrons. The van der Waals surface area contributed by atoms with Crippen LogP contribution < -0.4 is 15.2 Å². The molecule has 6 nitrogen and oxygen atoms in total. The summed E-state index contributed by atoms with van der Waals surface area (Å²) >= 11 is 0. The van der Waals surface area contributed by atoms with Crippen LogP contribution in [0.5, 0.6) is 11.6 Å². The summed E-state index contributed by atoms with van der Waals surface area (Å²) in [6, 6.07) is 7.82. The van der Waals surface area contributed by atoms with Crippen molar-refractivity contribution in [3.05, 3.63) is 41.6 Å². The molecule has 0 radical (unpaired) electrons. The molecule has 0 spiro atoms. The first-order valence-electron chi connectivity index (χ1n) is 8.05. The molecular weight excluding hydrogens is 320 g/mol. The average Bonchev–Trinajstić information content (AvgIpc) is 2.57. The molecule has 2 heterocycles. The van der Waals surface area contributed by atoms with Crippen molar-refractivity contribution in [1.29, 1.82) is 0 Å². The standard InChI is InChI=1S/C19H22N2O4/c1-11-7-13(9-21-17(11)23-4)12-5-6-14-15(8-12)24-10-19(2,3)16(14)25-18(20)22/h5-9,16H,10H2,1-4H3,(H2,20,22). The Labute approximate surface area is 146 Å². The van der Waals surface area contributed by atoms with Crippen LogP contribution in [0.2, 0.25) is 0 Å². The van der Waals surface area contributed by atoms with Crippen LogP contribution >= 0.6 is 0 Å². The Hall–Kier alpha value is -2.76. The highest BCUT2D eigenvalue weighted by Crippen LogP contribution is 2.46. The predicted molar refractivity (Wildman–Crippen MR) is 93.6 cm³/mol. The van der Waals surface area contributed by atoms with E-state index in [1.807, 2.05) is 45.0 Å². The molecule has 1 aromatic carbocycles. The van der Waals surface area contributed by atoms with E-state index in [0.717, 1.165) is 22.3 Å². The first-order chi connectivity index (χ1) is 11.8. The summed E-state index contributed by atoms with van der Waals surface area (Å²) in [5.41, 5.74) is 8.58. The van der Waals surface area contributed by atoms with Crippen molar-refractivity contribution in [2.24, 2.45) is 11.1 Å². The first kappa shape index (κ1) is 17.1. The molecule has 0 bridgehead atoms. The number of ether oxygens (including phenoxy) is 3. The van der Waals surface area contributed by atoms with Gasteiger partial charge in [0.2, 0.25) is 5.88 Å². The van der Waals surface area contributed by atoms with Gasteiger partial charge in [0, 0.05) is 28.3 Å². The molecule has 1 aromatic heterocycles. The van der Waals surface area contributed by atoms with Crippen LogP contribution in [0, 0.1) is 12.3 Å². The fourth-order valence-corrected chi connectivity index (χ4v) is 3.09. The van der Waals surface area contributed by atoms with Gasteiger partial charge in [-0.25, -0.2) is 9.78 Å². The monoisotopic (exact) mass is 342 g/mol. The molecule has 1 unspecified atom stereocenters. The maximum atomic E-state index is 11.3. The van der Waals surface area contributed by atoms with Crippen LogP contribution in [0.15, 0.2) is 30.5 Å². The molecule has 3 rings (SSSR count). The number of nitrogens with zero attached hydrogens (tertiary/aromatic N) is 1. The largest absolute Gasteiger partial charge is 0.492 e. The normalized spacial score (nSPS) is 18.0. The molecule has 1 amide bonds. The number of rotatable bonds is 3. The zero-order chi connectivity index (χ0) is 18.2. The number of carbonyl (C=O) groups excluding carboxylic acids is 1. The molecule has 1 aliphatic heterocycles. The number of carbonyl (C=O) groups is 1. The van der Waals surface area contributed by atoms with Crippen molar-refractivity contribution in [1.82, 2.24) is 4.98 Å². The number of hydrogen-bond acceptors (Lipinski definition) is 5. The van der Waals surface area contributed by atoms with Gasteiger partial charge in [0.25, 0.3) is 0 Å². The van der Waals surface area contributed by atoms with Gasteiger partial charge >= 0.3 is 6.09 Å². The first-order valence-corrected chi connectivity index (χ1v) is 8.05. The molecule has 2 aromatic rings. The van der Waals surface area contributed by atoms with Crippen molar-refractivity contribution in [3.63, 3.8) is 0 Å². The van der Waals surface area contributed by atoms with Gasteiger partial charge < -0.3 is 19.9 Å². The number of benzene rings is 1. The van der Waals surface area contributed by atoms with Gasteiger partial charge in [-0.05, 0) is 24.6 Å². The van der Waals surface area contributed by atoms with Gasteiger partial charge in [0.1, 0.15) is 11.9 Å². The molecule has 1 aliphatic rings. The number of amides is 1. The zero-order valence-electron chi connectivity index (χ0n) is 14.8. The highest BCUT2D eigenvalue weighted by molar-refractivity contribution is 5.68. The van der Waals surface area contributed by atoms with Crippen LogP contribution in [-0.2, 0) is 4.74 Å². The quantitative estimate of drug-likeness (QED) is 0.921. The van der Waals surface area contributed by atoms with Crippen LogP contribution in [0.3, 0.4) is 0 Å². The number of methoxy groups -OCH3 is 1. The number of fused-ring (bicyclic) bond motifs is 1. The van der Waals surface area contributed by atoms with Crippen LogP contribution in [-0.4, -0.2) is 24.8 Å². The molecule has 6 heteroatoms. The SMILES string of the molecule is COc1ncc(-c2ccc3c(c2)OCC(C)(C)C3OC(N)=O)cc1C. The maximum Gasteiger partial charge on any atom is 0.405 e. The summed E-state index contributed by atoms with van der Waals surface area (Å²) in [5.74, 6) is 1.30. The van der Waals surface area contributed by atoms with E-state index >= 15 is 0 Å². The fraction of sp³-hybridized carbons (Fsp3) is 0.368. The Morgan fingerprint density at radius 1 is 1.32 bits per heavy atom. The Morgan fingerprint density at radius 3 is 2.72 bits per heavy atom. The van der Waals surface area contributed by atoms with E-state index in [1.165, 1.54) is 0 Å². The highest BCUT2D eigenvalue weighted by Gasteiger charge is 2.40. The van der Waals surface area contributed by atoms with E-state index in [9.17, 15) is 4.79 Å². The smallest absolute Gasteiger partial charge is 0.405 e. The van der Waals surface area contributed by atoms with Gasteiger partial charge in [0.05, 0.1) is 13.7 Å². The fourth-order valence-electron chi connectivity index (χ4n) is 3.09. The predicted octanol–water partition coefficient (Wildman–Crippen LogP) is 3.62. The third-order valence-corrected chi connectivity index (χ3v) is 4.40. The van der Waals surface area contributed by atoms with Crippen LogP contribution in [0.1, 0.15) is 31.1 Å². The number of aromatic nitrogens is 1. The Kier molecular flexibility index (Phi) is 4.29. The van der Waals surface area contributed by atoms with Crippen molar-refractivity contribution in [3.8, 4) is 22.8 Å². The topological polar surface area (TPSA) is 83.7 Å². The van der Waals surface area contributed by atoms with Crippen molar-refractivity contribution in [2.45, 2.75) is 26.9 Å². The lowest BCUT2D eigenvalue weighted by atomic mass is 9.80. The average molecular weight is 342 g/mol. The summed E-state index contributed by atoms with van der Waals surface area (Å²) in [6.07, 6.45) is 0.529. The molecule has 0 aliphatic carbocycles. The summed E-state index contributed by atoms with van der Waals surface area (Å²) in [6.45, 7) is 6.34. The minimum atomic E-state index is -0.787. The second-order valence-electron chi connectivity index (χ2n) is 6.90. The van der Waals surface area contributed by atoms with E-state index in [2.05, 4.69) is 4.98 Å². The van der Waals surface area contributed by atoms with Crippen molar-refractivity contribution >= 4 is 6.09 Å². The summed E-state index contributed by atoms with van der Waals surface area (Å²) in [4.78, 5) is 15.6. The highest BCUT2D eigenvalue weighted by atomic mass is 16.6. The molecular formula is C19H22N2O4. The molecule has 2 N–H and O–H groups in total. The van der Waals surface area contributed by atoms with Crippen molar-refractivity contribution < 1.29 is 19.0 Å². The maximum absolute atomic E-state index is 11.3. The molecule has 1 atom stereocenters. The summed E-state index contributed by atoms with van der Waals surface area (Å²) in [5, 5.41) is 0. The van der Waals surface area contributed by atoms with Gasteiger partial charge in [0.15, 0.2) is 0 Å². The van der Waals surface area contributed by atoms with Crippen molar-refractivity contribution in [2.75, 3.05) is 13.7 Å². The zero-order valence-corrected chi connectivity index (χ0v) is 14.8. The van der Waals surface area contributed by atoms with Crippen LogP contribution in [0.25, 0.3) is 11.1 Å². The number of pyridine rings is 1. The molecule has 0 saturated heterocycles. The van der Waals surface area contributed by atoms with E-state index < -0.39 is 12.2 Å². The number of nitrogens with two attached hydrogens (primary N) is 1. The summed E-state index contributed by atoms with van der Waals surface area (Å²) < 4.78 is 16.5. The Bertz CT molecular complexity index is 817. The van der Waals surface area contributed by atoms with Gasteiger partial charge in [-0.1, -0.05) is 26.0 Å². The lowest BCUT2D eigenvalue weighted by Gasteiger charge is -2.38. The lowest BCUT2D eigenvalue weighted by molar-refractivity contribution is -0.0176. The molecule has 0 saturated carbocycles. The minimum Gasteiger partial charge on any atom is -0.492 e. The number of hydrogen-bond donors (Lipinski definition) is 1. The number of aryl methyl sites for hydroxylation is 1. The van der Waals surface area contributed by atoms with Gasteiger partial charge in [-0.2, -0.15) is 0 Å². The second kappa shape index (κ2) is 6.27. The minimum absolute atomic E-state index is 0.359. The molecule has 25 heavy (non-hydrogen) atoms. The van der Waals surface area contributed by atoms with E-state index in [-0.39, 0.29) is 5.41 Å². The third kappa shape index (κ3) is 3.24. The van der Waals surface area contributed by atoms with E-state index in [4.69, 9.17) is 19.9 Å².